The summed E-state index contributed by atoms with van der Waals surface area (Å²) in [5, 5.41) is 1.58. The van der Waals surface area contributed by atoms with Crippen molar-refractivity contribution in [3.63, 3.8) is 0 Å². The lowest BCUT2D eigenvalue weighted by molar-refractivity contribution is -0.202. The van der Waals surface area contributed by atoms with Crippen LogP contribution in [0.2, 0.25) is 0 Å². The molecule has 0 aliphatic carbocycles. The molecule has 2 N–H and O–H groups in total. The van der Waals surface area contributed by atoms with Crippen LogP contribution in [0.1, 0.15) is 18.1 Å². The normalized spacial score (nSPS) is 14.5. The number of rotatable bonds is 7. The summed E-state index contributed by atoms with van der Waals surface area (Å²) in [6.07, 6.45) is -10.6. The van der Waals surface area contributed by atoms with Crippen molar-refractivity contribution in [3.8, 4) is 0 Å². The first kappa shape index (κ1) is 25.5. The average molecular weight is 484 g/mol. The predicted molar refractivity (Wildman–Crippen MR) is 102 cm³/mol. The van der Waals surface area contributed by atoms with Crippen molar-refractivity contribution in [2.75, 3.05) is 11.9 Å². The Labute approximate surface area is 179 Å². The topological polar surface area (TPSA) is 84.5 Å². The average Bonchev–Trinajstić information content (AvgIpc) is 2.66. The second-order valence-electron chi connectivity index (χ2n) is 6.59. The number of carbonyl (C=O) groups is 1. The largest absolute Gasteiger partial charge is 0.463 e. The van der Waals surface area contributed by atoms with Gasteiger partial charge in [0, 0.05) is 5.69 Å². The Hall–Kier alpha value is -2.80. The molecule has 0 saturated heterocycles. The highest BCUT2D eigenvalue weighted by Crippen LogP contribution is 2.36. The van der Waals surface area contributed by atoms with Crippen molar-refractivity contribution in [1.82, 2.24) is 4.72 Å². The number of hydrogen-bond acceptors (Lipinski definition) is 5. The third-order valence-electron chi connectivity index (χ3n) is 4.15. The van der Waals surface area contributed by atoms with Crippen LogP contribution in [0, 0.1) is 6.92 Å². The number of anilines is 1. The van der Waals surface area contributed by atoms with Gasteiger partial charge in [0.2, 0.25) is 10.0 Å². The number of hydrogen-bond donors (Lipinski definition) is 2. The molecule has 0 radical (unpaired) electrons. The fourth-order valence-electron chi connectivity index (χ4n) is 2.57. The van der Waals surface area contributed by atoms with Crippen LogP contribution >= 0.6 is 0 Å². The molecular formula is C19H18F6N2O4S. The van der Waals surface area contributed by atoms with E-state index in [-0.39, 0.29) is 0 Å². The van der Waals surface area contributed by atoms with Crippen LogP contribution in [0.4, 0.5) is 32.0 Å². The second-order valence-corrected chi connectivity index (χ2v) is 8.27. The molecule has 0 fully saturated rings. The number of sulfonamides is 1. The highest BCUT2D eigenvalue weighted by atomic mass is 32.2. The van der Waals surface area contributed by atoms with E-state index in [1.807, 2.05) is 0 Å². The molecule has 0 spiro atoms. The second kappa shape index (κ2) is 8.98. The molecule has 0 aliphatic rings. The summed E-state index contributed by atoms with van der Waals surface area (Å²) in [4.78, 5) is 11.8. The summed E-state index contributed by atoms with van der Waals surface area (Å²) in [6, 6.07) is 7.16. The van der Waals surface area contributed by atoms with Crippen molar-refractivity contribution in [1.29, 1.82) is 0 Å². The number of alkyl halides is 6. The molecule has 0 amide bonds. The molecule has 2 rings (SSSR count). The smallest absolute Gasteiger partial charge is 0.437 e. The molecule has 2 aromatic carbocycles. The first-order chi connectivity index (χ1) is 14.6. The quantitative estimate of drug-likeness (QED) is 0.349. The summed E-state index contributed by atoms with van der Waals surface area (Å²) in [5.74, 6) is -2.10. The predicted octanol–water partition coefficient (Wildman–Crippen LogP) is 4.23. The van der Waals surface area contributed by atoms with E-state index >= 15 is 0 Å². The third-order valence-corrected chi connectivity index (χ3v) is 5.61. The Kier molecular flexibility index (Phi) is 7.15. The Balaban J connectivity index is 2.64. The van der Waals surface area contributed by atoms with Crippen molar-refractivity contribution >= 4 is 21.7 Å². The number of halogens is 6. The number of carbonyl (C=O) groups excluding carboxylic acids is 1. The minimum absolute atomic E-state index is 0.305. The van der Waals surface area contributed by atoms with E-state index in [1.165, 1.54) is 23.8 Å². The van der Waals surface area contributed by atoms with Gasteiger partial charge in [-0.05, 0) is 44.2 Å². The van der Waals surface area contributed by atoms with Gasteiger partial charge in [0.05, 0.1) is 17.1 Å². The number of benzene rings is 2. The Morgan fingerprint density at radius 1 is 1.00 bits per heavy atom. The molecule has 6 nitrogen and oxygen atoms in total. The Bertz CT molecular complexity index is 1070. The van der Waals surface area contributed by atoms with Gasteiger partial charge < -0.3 is 10.1 Å². The first-order valence-corrected chi connectivity index (χ1v) is 10.4. The van der Waals surface area contributed by atoms with Crippen molar-refractivity contribution in [2.24, 2.45) is 0 Å². The van der Waals surface area contributed by atoms with Crippen molar-refractivity contribution in [2.45, 2.75) is 36.8 Å². The molecule has 2 aromatic rings. The minimum atomic E-state index is -5.66. The van der Waals surface area contributed by atoms with Crippen molar-refractivity contribution < 1.29 is 44.3 Å². The maximum absolute atomic E-state index is 14.2. The molecule has 1 atom stereocenters. The van der Waals surface area contributed by atoms with E-state index in [9.17, 15) is 39.6 Å². The van der Waals surface area contributed by atoms with Gasteiger partial charge in [0.25, 0.3) is 5.66 Å². The lowest BCUT2D eigenvalue weighted by Crippen LogP contribution is -2.69. The van der Waals surface area contributed by atoms with Gasteiger partial charge in [-0.2, -0.15) is 31.1 Å². The van der Waals surface area contributed by atoms with Crippen molar-refractivity contribution in [3.05, 3.63) is 59.7 Å². The molecule has 0 saturated carbocycles. The van der Waals surface area contributed by atoms with Gasteiger partial charge in [-0.3, -0.25) is 0 Å². The Morgan fingerprint density at radius 3 is 2.09 bits per heavy atom. The maximum atomic E-state index is 14.2. The first-order valence-electron chi connectivity index (χ1n) is 8.92. The summed E-state index contributed by atoms with van der Waals surface area (Å²) < 4.78 is 113. The zero-order valence-electron chi connectivity index (χ0n) is 16.6. The van der Waals surface area contributed by atoms with Crippen LogP contribution in [-0.4, -0.2) is 32.8 Å². The number of aryl methyl sites for hydroxylation is 1. The molecule has 0 unspecified atom stereocenters. The number of nitrogens with one attached hydrogen (secondary N) is 2. The van der Waals surface area contributed by atoms with E-state index < -0.39 is 56.8 Å². The summed E-state index contributed by atoms with van der Waals surface area (Å²) >= 11 is 0. The van der Waals surface area contributed by atoms with E-state index in [0.717, 1.165) is 24.3 Å². The van der Waals surface area contributed by atoms with Gasteiger partial charge >= 0.3 is 18.3 Å². The van der Waals surface area contributed by atoms with Gasteiger partial charge in [-0.25, -0.2) is 13.2 Å². The summed E-state index contributed by atoms with van der Waals surface area (Å²) in [7, 11) is -5.00. The van der Waals surface area contributed by atoms with Gasteiger partial charge in [0.1, 0.15) is 0 Å². The SMILES string of the molecule is CCOC(=O)[C@@](Nc1cccc(C(F)(F)F)c1)(NS(=O)(=O)c1ccc(C)cc1)C(F)(F)F. The van der Waals surface area contributed by atoms with Crippen LogP contribution in [-0.2, 0) is 25.7 Å². The standard InChI is InChI=1S/C19H18F6N2O4S/c1-3-31-16(28)17(19(23,24)25,26-14-6-4-5-13(11-14)18(20,21)22)27-32(29,30)15-9-7-12(2)8-10-15/h4-11,26-27H,3H2,1-2H3/t17-/m1/s1. The highest BCUT2D eigenvalue weighted by Gasteiger charge is 2.64. The number of esters is 1. The minimum Gasteiger partial charge on any atom is -0.463 e. The third kappa shape index (κ3) is 5.51. The monoisotopic (exact) mass is 484 g/mol. The molecule has 176 valence electrons. The lowest BCUT2D eigenvalue weighted by Gasteiger charge is -2.35. The van der Waals surface area contributed by atoms with Gasteiger partial charge in [0.15, 0.2) is 0 Å². The van der Waals surface area contributed by atoms with Crippen LogP contribution in [0.5, 0.6) is 0 Å². The fourth-order valence-corrected chi connectivity index (χ4v) is 3.84. The van der Waals surface area contributed by atoms with E-state index in [2.05, 4.69) is 4.74 Å². The van der Waals surface area contributed by atoms with Crippen LogP contribution in [0.15, 0.2) is 53.4 Å². The van der Waals surface area contributed by atoms with Crippen LogP contribution in [0.25, 0.3) is 0 Å². The summed E-state index contributed by atoms with van der Waals surface area (Å²) in [6.45, 7) is 2.22. The zero-order valence-corrected chi connectivity index (χ0v) is 17.5. The molecule has 0 heterocycles. The highest BCUT2D eigenvalue weighted by molar-refractivity contribution is 7.89. The molecule has 0 aliphatic heterocycles. The molecule has 0 aromatic heterocycles. The van der Waals surface area contributed by atoms with Gasteiger partial charge in [-0.1, -0.05) is 23.8 Å². The summed E-state index contributed by atoms with van der Waals surface area (Å²) in [5.41, 5.74) is -5.64. The molecule has 0 bridgehead atoms. The maximum Gasteiger partial charge on any atom is 0.437 e. The Morgan fingerprint density at radius 2 is 1.59 bits per heavy atom. The zero-order chi connectivity index (χ0) is 24.4. The number of ether oxygens (including phenoxy) is 1. The van der Waals surface area contributed by atoms with E-state index in [1.54, 1.807) is 12.2 Å². The van der Waals surface area contributed by atoms with Crippen LogP contribution in [0.3, 0.4) is 0 Å². The molecular weight excluding hydrogens is 466 g/mol. The molecule has 32 heavy (non-hydrogen) atoms. The van der Waals surface area contributed by atoms with E-state index in [0.29, 0.717) is 17.7 Å². The van der Waals surface area contributed by atoms with E-state index in [4.69, 9.17) is 0 Å². The van der Waals surface area contributed by atoms with Crippen LogP contribution < -0.4 is 10.0 Å². The van der Waals surface area contributed by atoms with Gasteiger partial charge in [-0.15, -0.1) is 0 Å². The fraction of sp³-hybridized carbons (Fsp3) is 0.316. The lowest BCUT2D eigenvalue weighted by atomic mass is 10.1. The molecule has 13 heteroatoms.